The molecule has 34 heavy (non-hydrogen) atoms. The summed E-state index contributed by atoms with van der Waals surface area (Å²) in [5, 5.41) is 3.95. The molecule has 0 aliphatic heterocycles. The lowest BCUT2D eigenvalue weighted by atomic mass is 9.95. The number of anilines is 3. The number of nitrogen functional groups attached to an aromatic ring is 1. The van der Waals surface area contributed by atoms with Gasteiger partial charge in [-0.25, -0.2) is 9.97 Å². The zero-order valence-electron chi connectivity index (χ0n) is 17.8. The van der Waals surface area contributed by atoms with Crippen LogP contribution in [0.1, 0.15) is 5.56 Å². The third kappa shape index (κ3) is 4.41. The molecule has 4 aromatic carbocycles. The van der Waals surface area contributed by atoms with Crippen molar-refractivity contribution >= 4 is 28.0 Å². The Morgan fingerprint density at radius 3 is 2.26 bits per heavy atom. The Labute approximate surface area is 193 Å². The molecule has 0 bridgehead atoms. The van der Waals surface area contributed by atoms with Gasteiger partial charge in [-0.1, -0.05) is 30.3 Å². The molecule has 0 aliphatic rings. The number of halogens is 3. The first kappa shape index (κ1) is 21.5. The maximum absolute atomic E-state index is 13.1. The summed E-state index contributed by atoms with van der Waals surface area (Å²) >= 11 is 0. The molecule has 1 aromatic heterocycles. The highest BCUT2D eigenvalue weighted by Crippen LogP contribution is 2.35. The number of nitrogens with zero attached hydrogens (tertiary/aromatic N) is 2. The molecule has 0 fully saturated rings. The number of fused-ring (bicyclic) bond motifs is 1. The Hall–Kier alpha value is -4.39. The summed E-state index contributed by atoms with van der Waals surface area (Å²) in [6.45, 7) is 0. The number of hydrogen-bond acceptors (Lipinski definition) is 4. The Kier molecular flexibility index (Phi) is 5.37. The lowest BCUT2D eigenvalue weighted by molar-refractivity contribution is -0.137. The van der Waals surface area contributed by atoms with Crippen molar-refractivity contribution in [1.29, 1.82) is 0 Å². The summed E-state index contributed by atoms with van der Waals surface area (Å²) in [5.41, 5.74) is 11.5. The summed E-state index contributed by atoms with van der Waals surface area (Å²) in [4.78, 5) is 8.63. The maximum Gasteiger partial charge on any atom is 0.416 e. The number of nitrogens with two attached hydrogens (primary N) is 1. The van der Waals surface area contributed by atoms with Gasteiger partial charge in [0.1, 0.15) is 6.33 Å². The lowest BCUT2D eigenvalue weighted by Gasteiger charge is -2.13. The molecule has 7 heteroatoms. The second kappa shape index (κ2) is 8.51. The molecule has 3 N–H and O–H groups in total. The van der Waals surface area contributed by atoms with Crippen LogP contribution in [0.15, 0.2) is 97.5 Å². The van der Waals surface area contributed by atoms with Crippen LogP contribution in [0.4, 0.5) is 30.2 Å². The van der Waals surface area contributed by atoms with E-state index in [2.05, 4.69) is 15.3 Å². The van der Waals surface area contributed by atoms with Gasteiger partial charge in [0.25, 0.3) is 0 Å². The van der Waals surface area contributed by atoms with Gasteiger partial charge in [0, 0.05) is 34.2 Å². The summed E-state index contributed by atoms with van der Waals surface area (Å²) < 4.78 is 39.2. The zero-order valence-corrected chi connectivity index (χ0v) is 17.8. The Bertz CT molecular complexity index is 1500. The molecular formula is C27H19F3N4. The van der Waals surface area contributed by atoms with Crippen molar-refractivity contribution in [3.05, 3.63) is 103 Å². The number of alkyl halides is 3. The van der Waals surface area contributed by atoms with E-state index in [0.29, 0.717) is 17.1 Å². The van der Waals surface area contributed by atoms with E-state index < -0.39 is 11.7 Å². The largest absolute Gasteiger partial charge is 0.416 e. The Morgan fingerprint density at radius 1 is 0.735 bits per heavy atom. The van der Waals surface area contributed by atoms with Gasteiger partial charge in [-0.3, -0.25) is 0 Å². The fourth-order valence-electron chi connectivity index (χ4n) is 3.91. The highest BCUT2D eigenvalue weighted by atomic mass is 19.4. The topological polar surface area (TPSA) is 63.8 Å². The van der Waals surface area contributed by atoms with Crippen LogP contribution in [0.2, 0.25) is 0 Å². The molecule has 4 nitrogen and oxygen atoms in total. The first-order chi connectivity index (χ1) is 16.4. The summed E-state index contributed by atoms with van der Waals surface area (Å²) in [5.74, 6) is 0. The van der Waals surface area contributed by atoms with Gasteiger partial charge in [0.05, 0.1) is 11.1 Å². The molecule has 0 aliphatic carbocycles. The quantitative estimate of drug-likeness (QED) is 0.278. The minimum atomic E-state index is -4.40. The van der Waals surface area contributed by atoms with Crippen LogP contribution in [0.25, 0.3) is 33.2 Å². The van der Waals surface area contributed by atoms with Crippen molar-refractivity contribution in [2.45, 2.75) is 6.18 Å². The van der Waals surface area contributed by atoms with Crippen LogP contribution in [-0.2, 0) is 6.18 Å². The van der Waals surface area contributed by atoms with E-state index in [-0.39, 0.29) is 0 Å². The molecule has 1 heterocycles. The molecule has 0 radical (unpaired) electrons. The fourth-order valence-corrected chi connectivity index (χ4v) is 3.91. The van der Waals surface area contributed by atoms with Crippen LogP contribution in [0.5, 0.6) is 0 Å². The molecule has 5 rings (SSSR count). The van der Waals surface area contributed by atoms with Crippen LogP contribution < -0.4 is 11.1 Å². The van der Waals surface area contributed by atoms with Crippen molar-refractivity contribution in [3.8, 4) is 22.3 Å². The molecule has 168 valence electrons. The number of aromatic nitrogens is 2. The predicted octanol–water partition coefficient (Wildman–Crippen LogP) is 7.31. The summed E-state index contributed by atoms with van der Waals surface area (Å²) in [6, 6.07) is 24.3. The second-order valence-corrected chi connectivity index (χ2v) is 7.89. The fraction of sp³-hybridized carbons (Fsp3) is 0.0370. The molecule has 0 amide bonds. The van der Waals surface area contributed by atoms with Gasteiger partial charge in [0.15, 0.2) is 0 Å². The van der Waals surface area contributed by atoms with Gasteiger partial charge in [-0.2, -0.15) is 13.2 Å². The van der Waals surface area contributed by atoms with Crippen LogP contribution in [-0.4, -0.2) is 9.97 Å². The highest BCUT2D eigenvalue weighted by molar-refractivity contribution is 5.97. The average Bonchev–Trinajstić information content (AvgIpc) is 2.83. The molecule has 0 unspecified atom stereocenters. The standard InChI is InChI=1S/C27H19F3N4/c28-27(29,30)21-6-3-9-24(14-21)34-23-8-2-4-17(12-23)19-10-20-15-32-16-33-26(20)25(13-19)18-5-1-7-22(31)11-18/h1-16,34H,31H2. The van der Waals surface area contributed by atoms with E-state index >= 15 is 0 Å². The number of hydrogen-bond donors (Lipinski definition) is 2. The summed E-state index contributed by atoms with van der Waals surface area (Å²) in [6.07, 6.45) is -1.13. The van der Waals surface area contributed by atoms with Crippen molar-refractivity contribution in [2.24, 2.45) is 0 Å². The molecule has 0 atom stereocenters. The van der Waals surface area contributed by atoms with Gasteiger partial charge in [-0.05, 0) is 71.3 Å². The van der Waals surface area contributed by atoms with Crippen LogP contribution in [0, 0.1) is 0 Å². The van der Waals surface area contributed by atoms with Crippen molar-refractivity contribution in [3.63, 3.8) is 0 Å². The smallest absolute Gasteiger partial charge is 0.399 e. The van der Waals surface area contributed by atoms with Crippen molar-refractivity contribution < 1.29 is 13.2 Å². The van der Waals surface area contributed by atoms with E-state index in [1.807, 2.05) is 60.7 Å². The predicted molar refractivity (Wildman–Crippen MR) is 130 cm³/mol. The van der Waals surface area contributed by atoms with E-state index in [0.717, 1.165) is 45.3 Å². The normalized spacial score (nSPS) is 11.5. The lowest BCUT2D eigenvalue weighted by Crippen LogP contribution is -2.05. The van der Waals surface area contributed by atoms with E-state index in [9.17, 15) is 13.2 Å². The number of rotatable bonds is 4. The Morgan fingerprint density at radius 2 is 1.47 bits per heavy atom. The molecule has 0 saturated heterocycles. The average molecular weight is 456 g/mol. The van der Waals surface area contributed by atoms with Crippen molar-refractivity contribution in [2.75, 3.05) is 11.1 Å². The van der Waals surface area contributed by atoms with E-state index in [1.54, 1.807) is 12.3 Å². The monoisotopic (exact) mass is 456 g/mol. The second-order valence-electron chi connectivity index (χ2n) is 7.89. The van der Waals surface area contributed by atoms with Gasteiger partial charge >= 0.3 is 6.18 Å². The SMILES string of the molecule is Nc1cccc(-c2cc(-c3cccc(Nc4cccc(C(F)(F)F)c4)c3)cc3cncnc23)c1. The van der Waals surface area contributed by atoms with E-state index in [4.69, 9.17) is 5.73 Å². The van der Waals surface area contributed by atoms with Gasteiger partial charge < -0.3 is 11.1 Å². The molecule has 5 aromatic rings. The van der Waals surface area contributed by atoms with E-state index in [1.165, 1.54) is 12.4 Å². The molecule has 0 spiro atoms. The van der Waals surface area contributed by atoms with Crippen LogP contribution >= 0.6 is 0 Å². The van der Waals surface area contributed by atoms with Gasteiger partial charge in [0.2, 0.25) is 0 Å². The van der Waals surface area contributed by atoms with Gasteiger partial charge in [-0.15, -0.1) is 0 Å². The van der Waals surface area contributed by atoms with Crippen molar-refractivity contribution in [1.82, 2.24) is 9.97 Å². The minimum absolute atomic E-state index is 0.360. The number of benzene rings is 4. The Balaban J connectivity index is 1.56. The molecule has 0 saturated carbocycles. The number of nitrogens with one attached hydrogen (secondary N) is 1. The first-order valence-corrected chi connectivity index (χ1v) is 10.5. The third-order valence-corrected chi connectivity index (χ3v) is 5.48. The summed E-state index contributed by atoms with van der Waals surface area (Å²) in [7, 11) is 0. The molecular weight excluding hydrogens is 437 g/mol. The van der Waals surface area contributed by atoms with Crippen LogP contribution in [0.3, 0.4) is 0 Å². The maximum atomic E-state index is 13.1. The zero-order chi connectivity index (χ0) is 23.7. The minimum Gasteiger partial charge on any atom is -0.399 e. The third-order valence-electron chi connectivity index (χ3n) is 5.48. The first-order valence-electron chi connectivity index (χ1n) is 10.5. The highest BCUT2D eigenvalue weighted by Gasteiger charge is 2.30.